The van der Waals surface area contributed by atoms with E-state index in [0.717, 1.165) is 49.5 Å². The molecule has 0 saturated carbocycles. The van der Waals surface area contributed by atoms with Gasteiger partial charge in [0.2, 0.25) is 0 Å². The molecule has 43 heavy (non-hydrogen) atoms. The van der Waals surface area contributed by atoms with Gasteiger partial charge in [-0.25, -0.2) is 0 Å². The van der Waals surface area contributed by atoms with Crippen molar-refractivity contribution in [2.75, 3.05) is 43.9 Å². The standard InChI is InChI=1S/C35H36N6O2/c1-24(26-9-4-3-5-10-26)37-34(42)27-13-14-31-30(21-27)32(35(43)39-31)33(28-11-7-15-36-22-28)38-29-12-6-8-25(20-29)23-41-18-16-40(2)17-19-41/h3-15,20-22,24,38H,16-19,23H2,1-2H3,(H,37,42)(H,39,43)/t24-/m1/s1. The summed E-state index contributed by atoms with van der Waals surface area (Å²) in [4.78, 5) is 35.9. The van der Waals surface area contributed by atoms with Gasteiger partial charge >= 0.3 is 0 Å². The number of aromatic nitrogens is 1. The van der Waals surface area contributed by atoms with Crippen molar-refractivity contribution < 1.29 is 9.59 Å². The van der Waals surface area contributed by atoms with Gasteiger partial charge < -0.3 is 20.9 Å². The van der Waals surface area contributed by atoms with Crippen LogP contribution in [0.2, 0.25) is 0 Å². The monoisotopic (exact) mass is 572 g/mol. The Morgan fingerprint density at radius 3 is 2.51 bits per heavy atom. The fourth-order valence-electron chi connectivity index (χ4n) is 5.61. The summed E-state index contributed by atoms with van der Waals surface area (Å²) in [6.07, 6.45) is 3.45. The van der Waals surface area contributed by atoms with Crippen LogP contribution in [0.25, 0.3) is 11.3 Å². The molecule has 8 nitrogen and oxygen atoms in total. The van der Waals surface area contributed by atoms with Crippen LogP contribution in [-0.4, -0.2) is 59.8 Å². The topological polar surface area (TPSA) is 89.6 Å². The highest BCUT2D eigenvalue weighted by atomic mass is 16.2. The number of hydrogen-bond donors (Lipinski definition) is 3. The Kier molecular flexibility index (Phi) is 8.31. The van der Waals surface area contributed by atoms with E-state index in [1.807, 2.05) is 61.5 Å². The summed E-state index contributed by atoms with van der Waals surface area (Å²) in [5.41, 5.74) is 6.80. The molecule has 1 aromatic heterocycles. The third-order valence-electron chi connectivity index (χ3n) is 8.07. The lowest BCUT2D eigenvalue weighted by molar-refractivity contribution is -0.110. The molecule has 2 aliphatic rings. The molecule has 1 saturated heterocycles. The van der Waals surface area contributed by atoms with Crippen LogP contribution in [-0.2, 0) is 11.3 Å². The molecule has 0 bridgehead atoms. The fraction of sp³-hybridized carbons (Fsp3) is 0.229. The molecule has 0 spiro atoms. The summed E-state index contributed by atoms with van der Waals surface area (Å²) in [6, 6.07) is 27.1. The van der Waals surface area contributed by atoms with Crippen molar-refractivity contribution >= 4 is 34.5 Å². The van der Waals surface area contributed by atoms with E-state index in [1.54, 1.807) is 30.6 Å². The zero-order valence-corrected chi connectivity index (χ0v) is 24.5. The van der Waals surface area contributed by atoms with Crippen LogP contribution in [0.1, 0.15) is 45.6 Å². The molecular weight excluding hydrogens is 536 g/mol. The van der Waals surface area contributed by atoms with Crippen LogP contribution in [0.3, 0.4) is 0 Å². The lowest BCUT2D eigenvalue weighted by atomic mass is 9.98. The average molecular weight is 573 g/mol. The van der Waals surface area contributed by atoms with Crippen molar-refractivity contribution in [3.63, 3.8) is 0 Å². The molecule has 6 rings (SSSR count). The minimum absolute atomic E-state index is 0.164. The van der Waals surface area contributed by atoms with Gasteiger partial charge in [0.25, 0.3) is 11.8 Å². The van der Waals surface area contributed by atoms with Crippen molar-refractivity contribution in [2.45, 2.75) is 19.5 Å². The van der Waals surface area contributed by atoms with Crippen molar-refractivity contribution in [2.24, 2.45) is 0 Å². The first kappa shape index (κ1) is 28.3. The molecule has 1 fully saturated rings. The number of carbonyl (C=O) groups is 2. The molecule has 218 valence electrons. The Bertz CT molecular complexity index is 1650. The van der Waals surface area contributed by atoms with Gasteiger partial charge in [-0.1, -0.05) is 42.5 Å². The Balaban J connectivity index is 1.32. The summed E-state index contributed by atoms with van der Waals surface area (Å²) in [6.45, 7) is 7.03. The number of nitrogens with zero attached hydrogens (tertiary/aromatic N) is 3. The molecule has 8 heteroatoms. The number of carbonyl (C=O) groups excluding carboxylic acids is 2. The van der Waals surface area contributed by atoms with E-state index in [2.05, 4.69) is 49.9 Å². The van der Waals surface area contributed by atoms with Crippen molar-refractivity contribution in [3.05, 3.63) is 125 Å². The van der Waals surface area contributed by atoms with Gasteiger partial charge in [-0.15, -0.1) is 0 Å². The largest absolute Gasteiger partial charge is 0.354 e. The molecule has 2 amide bonds. The zero-order chi connectivity index (χ0) is 29.8. The average Bonchev–Trinajstić information content (AvgIpc) is 3.36. The molecule has 3 aromatic carbocycles. The molecule has 1 atom stereocenters. The lowest BCUT2D eigenvalue weighted by Crippen LogP contribution is -2.43. The minimum Gasteiger partial charge on any atom is -0.354 e. The van der Waals surface area contributed by atoms with E-state index in [1.165, 1.54) is 5.56 Å². The number of benzene rings is 3. The first-order valence-corrected chi connectivity index (χ1v) is 14.7. The second-order valence-corrected chi connectivity index (χ2v) is 11.2. The van der Waals surface area contributed by atoms with Gasteiger partial charge in [0.05, 0.1) is 17.3 Å². The number of anilines is 2. The normalized spacial score (nSPS) is 17.1. The minimum atomic E-state index is -0.231. The Morgan fingerprint density at radius 1 is 0.930 bits per heavy atom. The fourth-order valence-corrected chi connectivity index (χ4v) is 5.61. The molecular formula is C35H36N6O2. The van der Waals surface area contributed by atoms with Crippen LogP contribution in [0.4, 0.5) is 11.4 Å². The number of pyridine rings is 1. The molecule has 2 aliphatic heterocycles. The van der Waals surface area contributed by atoms with Crippen LogP contribution in [0.15, 0.2) is 97.3 Å². The second kappa shape index (κ2) is 12.6. The van der Waals surface area contributed by atoms with Crippen LogP contribution in [0, 0.1) is 0 Å². The summed E-state index contributed by atoms with van der Waals surface area (Å²) >= 11 is 0. The first-order valence-electron chi connectivity index (χ1n) is 14.7. The van der Waals surface area contributed by atoms with Crippen molar-refractivity contribution in [1.29, 1.82) is 0 Å². The van der Waals surface area contributed by atoms with E-state index in [9.17, 15) is 9.59 Å². The maximum Gasteiger partial charge on any atom is 0.258 e. The summed E-state index contributed by atoms with van der Waals surface area (Å²) < 4.78 is 0. The number of fused-ring (bicyclic) bond motifs is 1. The van der Waals surface area contributed by atoms with Crippen LogP contribution >= 0.6 is 0 Å². The van der Waals surface area contributed by atoms with E-state index < -0.39 is 0 Å². The predicted octanol–water partition coefficient (Wildman–Crippen LogP) is 5.25. The molecule has 4 aromatic rings. The molecule has 0 radical (unpaired) electrons. The van der Waals surface area contributed by atoms with Gasteiger partial charge in [0, 0.05) is 73.2 Å². The number of amides is 2. The van der Waals surface area contributed by atoms with Gasteiger partial charge in [0.15, 0.2) is 0 Å². The zero-order valence-electron chi connectivity index (χ0n) is 24.5. The first-order chi connectivity index (χ1) is 20.9. The Labute approximate surface area is 252 Å². The molecule has 3 heterocycles. The SMILES string of the molecule is C[C@@H](NC(=O)c1ccc2c(c1)C(=C(Nc1cccc(CN3CCN(C)CC3)c1)c1cccnc1)C(=O)N2)c1ccccc1. The van der Waals surface area contributed by atoms with Crippen molar-refractivity contribution in [1.82, 2.24) is 20.1 Å². The Hall–Kier alpha value is -4.79. The van der Waals surface area contributed by atoms with Crippen LogP contribution < -0.4 is 16.0 Å². The highest BCUT2D eigenvalue weighted by Crippen LogP contribution is 2.38. The van der Waals surface area contributed by atoms with Gasteiger partial charge in [-0.3, -0.25) is 19.5 Å². The number of rotatable bonds is 8. The van der Waals surface area contributed by atoms with Gasteiger partial charge in [-0.2, -0.15) is 0 Å². The number of likely N-dealkylation sites (N-methyl/N-ethyl adjacent to an activating group) is 1. The summed E-state index contributed by atoms with van der Waals surface area (Å²) in [7, 11) is 2.16. The lowest BCUT2D eigenvalue weighted by Gasteiger charge is -2.32. The van der Waals surface area contributed by atoms with E-state index in [4.69, 9.17) is 0 Å². The number of piperazine rings is 1. The number of nitrogens with one attached hydrogen (secondary N) is 3. The van der Waals surface area contributed by atoms with Crippen LogP contribution in [0.5, 0.6) is 0 Å². The van der Waals surface area contributed by atoms with E-state index in [-0.39, 0.29) is 17.9 Å². The van der Waals surface area contributed by atoms with Gasteiger partial charge in [0.1, 0.15) is 0 Å². The summed E-state index contributed by atoms with van der Waals surface area (Å²) in [5, 5.41) is 9.61. The summed E-state index contributed by atoms with van der Waals surface area (Å²) in [5.74, 6) is -0.435. The van der Waals surface area contributed by atoms with Gasteiger partial charge in [-0.05, 0) is 67.6 Å². The van der Waals surface area contributed by atoms with Crippen molar-refractivity contribution in [3.8, 4) is 0 Å². The maximum absolute atomic E-state index is 13.5. The molecule has 3 N–H and O–H groups in total. The third-order valence-corrected chi connectivity index (χ3v) is 8.07. The third kappa shape index (κ3) is 6.51. The quantitative estimate of drug-likeness (QED) is 0.250. The van der Waals surface area contributed by atoms with E-state index in [0.29, 0.717) is 28.1 Å². The highest BCUT2D eigenvalue weighted by molar-refractivity contribution is 6.37. The predicted molar refractivity (Wildman–Crippen MR) is 171 cm³/mol. The molecule has 0 aliphatic carbocycles. The smallest absolute Gasteiger partial charge is 0.258 e. The highest BCUT2D eigenvalue weighted by Gasteiger charge is 2.30. The second-order valence-electron chi connectivity index (χ2n) is 11.2. The molecule has 0 unspecified atom stereocenters. The Morgan fingerprint density at radius 2 is 1.74 bits per heavy atom. The number of hydrogen-bond acceptors (Lipinski definition) is 6. The van der Waals surface area contributed by atoms with E-state index >= 15 is 0 Å². The maximum atomic E-state index is 13.5.